The summed E-state index contributed by atoms with van der Waals surface area (Å²) in [7, 11) is 0. The number of halogens is 16. The van der Waals surface area contributed by atoms with Gasteiger partial charge in [0.1, 0.15) is 15.6 Å². The van der Waals surface area contributed by atoms with Crippen LogP contribution in [0.25, 0.3) is 44.1 Å². The van der Waals surface area contributed by atoms with Crippen LogP contribution in [0.2, 0.25) is 20.1 Å². The van der Waals surface area contributed by atoms with E-state index in [1.807, 2.05) is 19.9 Å². The molecule has 0 bridgehead atoms. The van der Waals surface area contributed by atoms with Crippen LogP contribution in [0.4, 0.5) is 75.4 Å². The second kappa shape index (κ2) is 18.8. The fourth-order valence-electron chi connectivity index (χ4n) is 5.27. The van der Waals surface area contributed by atoms with Crippen molar-refractivity contribution in [3.8, 4) is 0 Å². The number of nitrogens with one attached hydrogen (secondary N) is 4. The zero-order valence-electron chi connectivity index (χ0n) is 31.5. The highest BCUT2D eigenvalue weighted by Crippen LogP contribution is 2.38. The minimum absolute atomic E-state index is 0.00655. The number of aromatic nitrogens is 8. The standard InChI is InChI=1S/4C8H3ClF3N3O2/c9-3-1-4-5(2-6(3)15(16)17)14-7(13-4)8(10,11)12;9-3-1-4-6(5(2-3)15(16)17)14-7(13-4)8(10,11)12;9-5-4(15(16)17)2-1-3-6(5)14-7(13-3)8(10,11)12;9-3-1-2-4(15(16)17)6-5(3)13-7(14-6)8(10,11)12/h4*1-2H,(H,13,14). The smallest absolute Gasteiger partial charge is 0.334 e. The second-order valence-corrected chi connectivity index (χ2v) is 14.2. The maximum atomic E-state index is 12.4. The summed E-state index contributed by atoms with van der Waals surface area (Å²) in [5, 5.41) is 41.5. The summed E-state index contributed by atoms with van der Waals surface area (Å²) in [4.78, 5) is 59.7. The van der Waals surface area contributed by atoms with Crippen LogP contribution in [0, 0.1) is 40.5 Å². The Kier molecular flexibility index (Phi) is 14.2. The highest BCUT2D eigenvalue weighted by atomic mass is 35.5. The van der Waals surface area contributed by atoms with Gasteiger partial charge in [0.05, 0.1) is 52.3 Å². The lowest BCUT2D eigenvalue weighted by molar-refractivity contribution is -0.384. The molecule has 4 aromatic carbocycles. The summed E-state index contributed by atoms with van der Waals surface area (Å²) >= 11 is 22.3. The molecule has 0 radical (unpaired) electrons. The zero-order valence-corrected chi connectivity index (χ0v) is 34.5. The molecule has 8 rings (SSSR count). The van der Waals surface area contributed by atoms with E-state index in [0.29, 0.717) is 0 Å². The van der Waals surface area contributed by atoms with E-state index >= 15 is 0 Å². The summed E-state index contributed by atoms with van der Waals surface area (Å²) < 4.78 is 148. The van der Waals surface area contributed by atoms with Crippen LogP contribution >= 0.6 is 46.4 Å². The molecule has 4 heterocycles. The molecule has 0 saturated heterocycles. The third-order valence-corrected chi connectivity index (χ3v) is 9.30. The third-order valence-electron chi connectivity index (χ3n) is 8.09. The first-order chi connectivity index (χ1) is 31.2. The van der Waals surface area contributed by atoms with Gasteiger partial charge in [0.25, 0.3) is 22.7 Å². The topological polar surface area (TPSA) is 287 Å². The Balaban J connectivity index is 0.000000169. The number of nitro benzene ring substituents is 4. The molecule has 360 valence electrons. The van der Waals surface area contributed by atoms with E-state index in [9.17, 15) is 93.1 Å². The van der Waals surface area contributed by atoms with Gasteiger partial charge in [-0.2, -0.15) is 52.7 Å². The predicted molar refractivity (Wildman–Crippen MR) is 211 cm³/mol. The van der Waals surface area contributed by atoms with Gasteiger partial charge in [-0.3, -0.25) is 40.5 Å². The van der Waals surface area contributed by atoms with E-state index in [1.165, 1.54) is 0 Å². The average Bonchev–Trinajstić information content (AvgIpc) is 4.02. The van der Waals surface area contributed by atoms with Gasteiger partial charge in [-0.15, -0.1) is 0 Å². The van der Waals surface area contributed by atoms with Crippen molar-refractivity contribution in [1.29, 1.82) is 0 Å². The highest BCUT2D eigenvalue weighted by Gasteiger charge is 2.39. The van der Waals surface area contributed by atoms with Gasteiger partial charge < -0.3 is 19.9 Å². The van der Waals surface area contributed by atoms with Crippen LogP contribution in [0.15, 0.2) is 48.5 Å². The number of imidazole rings is 4. The van der Waals surface area contributed by atoms with Crippen molar-refractivity contribution in [1.82, 2.24) is 39.9 Å². The number of benzene rings is 4. The fraction of sp³-hybridized carbons (Fsp3) is 0.125. The lowest BCUT2D eigenvalue weighted by Gasteiger charge is -1.99. The van der Waals surface area contributed by atoms with Crippen molar-refractivity contribution in [2.24, 2.45) is 0 Å². The number of H-pyrrole nitrogens is 4. The molecule has 0 unspecified atom stereocenters. The Morgan fingerprint density at radius 2 is 0.868 bits per heavy atom. The molecule has 8 aromatic rings. The number of rotatable bonds is 4. The maximum Gasteiger partial charge on any atom is 0.449 e. The number of hydrogen-bond acceptors (Lipinski definition) is 12. The fourth-order valence-corrected chi connectivity index (χ4v) is 6.18. The van der Waals surface area contributed by atoms with Gasteiger partial charge in [-0.05, 0) is 24.3 Å². The molecule has 0 atom stereocenters. The molecule has 4 aromatic heterocycles. The molecule has 20 nitrogen and oxygen atoms in total. The molecule has 0 spiro atoms. The van der Waals surface area contributed by atoms with Crippen molar-refractivity contribution in [2.75, 3.05) is 0 Å². The molecule has 36 heteroatoms. The lowest BCUT2D eigenvalue weighted by atomic mass is 10.3. The van der Waals surface area contributed by atoms with Crippen molar-refractivity contribution in [2.45, 2.75) is 24.7 Å². The quantitative estimate of drug-likeness (QED) is 0.0727. The molecule has 0 aliphatic rings. The number of nitro groups is 4. The van der Waals surface area contributed by atoms with Crippen molar-refractivity contribution in [3.05, 3.63) is 132 Å². The minimum atomic E-state index is -4.71. The van der Waals surface area contributed by atoms with Crippen LogP contribution in [-0.4, -0.2) is 59.6 Å². The van der Waals surface area contributed by atoms with Gasteiger partial charge in [0.2, 0.25) is 23.3 Å². The lowest BCUT2D eigenvalue weighted by Crippen LogP contribution is -2.06. The monoisotopic (exact) mass is 1060 g/mol. The Labute approximate surface area is 381 Å². The van der Waals surface area contributed by atoms with Gasteiger partial charge in [0.15, 0.2) is 11.0 Å². The number of nitrogens with zero attached hydrogens (tertiary/aromatic N) is 8. The van der Waals surface area contributed by atoms with Gasteiger partial charge >= 0.3 is 24.7 Å². The van der Waals surface area contributed by atoms with Gasteiger partial charge in [-0.25, -0.2) is 19.9 Å². The van der Waals surface area contributed by atoms with Gasteiger partial charge in [-0.1, -0.05) is 46.4 Å². The van der Waals surface area contributed by atoms with Crippen LogP contribution in [0.3, 0.4) is 0 Å². The van der Waals surface area contributed by atoms with Crippen LogP contribution in [0.5, 0.6) is 0 Å². The molecule has 68 heavy (non-hydrogen) atoms. The summed E-state index contributed by atoms with van der Waals surface area (Å²) in [6.45, 7) is 0. The molecule has 0 fully saturated rings. The van der Waals surface area contributed by atoms with Crippen molar-refractivity contribution < 1.29 is 72.4 Å². The SMILES string of the molecule is O=[N+]([O-])c1cc(Cl)cc2[nH]c(C(F)(F)F)nc12.O=[N+]([O-])c1cc2[nH]c(C(F)(F)F)nc2cc1Cl.O=[N+]([O-])c1ccc(Cl)c2[nH]c(C(F)(F)F)nc12.O=[N+]([O-])c1ccc2[nH]c(C(F)(F)F)nc2c1Cl. The number of alkyl halides is 12. The first-order valence-corrected chi connectivity index (χ1v) is 18.3. The molecule has 0 aliphatic heterocycles. The average molecular weight is 1060 g/mol. The molecule has 0 amide bonds. The summed E-state index contributed by atoms with van der Waals surface area (Å²) in [5.74, 6) is -5.07. The third kappa shape index (κ3) is 11.4. The largest absolute Gasteiger partial charge is 0.449 e. The Morgan fingerprint density at radius 1 is 0.426 bits per heavy atom. The normalized spacial score (nSPS) is 12.0. The molecule has 4 N–H and O–H groups in total. The summed E-state index contributed by atoms with van der Waals surface area (Å²) in [6, 6.07) is 8.31. The van der Waals surface area contributed by atoms with E-state index in [-0.39, 0.29) is 53.7 Å². The second-order valence-electron chi connectivity index (χ2n) is 12.6. The molecule has 0 saturated carbocycles. The van der Waals surface area contributed by atoms with Crippen LogP contribution in [-0.2, 0) is 24.7 Å². The number of non-ortho nitro benzene ring substituents is 2. The van der Waals surface area contributed by atoms with E-state index < -0.39 is 101 Å². The van der Waals surface area contributed by atoms with Gasteiger partial charge in [0, 0.05) is 29.3 Å². The Hall–Kier alpha value is -7.32. The Bertz CT molecular complexity index is 3280. The van der Waals surface area contributed by atoms with E-state index in [2.05, 4.69) is 19.9 Å². The summed E-state index contributed by atoms with van der Waals surface area (Å²) in [5.41, 5.74) is -3.61. The number of fused-ring (bicyclic) bond motifs is 4. The molecule has 0 aliphatic carbocycles. The van der Waals surface area contributed by atoms with E-state index in [4.69, 9.17) is 46.4 Å². The van der Waals surface area contributed by atoms with E-state index in [0.717, 1.165) is 48.5 Å². The van der Waals surface area contributed by atoms with Crippen molar-refractivity contribution >= 4 is 113 Å². The first kappa shape index (κ1) is 51.7. The number of hydrogen-bond donors (Lipinski definition) is 4. The van der Waals surface area contributed by atoms with Crippen LogP contribution in [0.1, 0.15) is 23.3 Å². The highest BCUT2D eigenvalue weighted by molar-refractivity contribution is 6.37. The zero-order chi connectivity index (χ0) is 51.2. The summed E-state index contributed by atoms with van der Waals surface area (Å²) in [6.07, 6.45) is -18.7. The Morgan fingerprint density at radius 3 is 1.38 bits per heavy atom. The maximum absolute atomic E-state index is 12.4. The molecular formula is C32H12Cl4F12N12O8. The van der Waals surface area contributed by atoms with Crippen LogP contribution < -0.4 is 0 Å². The minimum Gasteiger partial charge on any atom is -0.334 e. The van der Waals surface area contributed by atoms with E-state index in [1.54, 1.807) is 0 Å². The van der Waals surface area contributed by atoms with Crippen molar-refractivity contribution in [3.63, 3.8) is 0 Å². The number of aromatic amines is 4. The molecular weight excluding hydrogens is 1050 g/mol. The first-order valence-electron chi connectivity index (χ1n) is 16.8. The predicted octanol–water partition coefficient (Wildman–Crippen LogP) is 12.6.